The minimum Gasteiger partial charge on any atom is -0.481 e. The third kappa shape index (κ3) is 5.55. The molecule has 264 valence electrons. The van der Waals surface area contributed by atoms with Crippen LogP contribution in [0.1, 0.15) is 102 Å². The van der Waals surface area contributed by atoms with Crippen LogP contribution in [0.25, 0.3) is 33.6 Å². The zero-order valence-electron chi connectivity index (χ0n) is 29.1. The van der Waals surface area contributed by atoms with Crippen molar-refractivity contribution in [2.45, 2.75) is 95.4 Å². The van der Waals surface area contributed by atoms with E-state index in [9.17, 15) is 9.59 Å². The molecule has 3 fully saturated rings. The summed E-state index contributed by atoms with van der Waals surface area (Å²) >= 11 is 0. The van der Waals surface area contributed by atoms with Gasteiger partial charge in [-0.1, -0.05) is 6.42 Å². The Hall–Kier alpha value is -4.84. The first-order valence-electron chi connectivity index (χ1n) is 18.4. The van der Waals surface area contributed by atoms with Crippen LogP contribution in [0.3, 0.4) is 0 Å². The maximum atomic E-state index is 16.3. The molecule has 3 N–H and O–H groups in total. The van der Waals surface area contributed by atoms with Gasteiger partial charge in [-0.05, 0) is 101 Å². The summed E-state index contributed by atoms with van der Waals surface area (Å²) in [4.78, 5) is 44.0. The monoisotopic (exact) mass is 690 g/mol. The number of nitrogens with zero attached hydrogens (tertiary/aromatic N) is 6. The first kappa shape index (κ1) is 32.1. The molecule has 12 heteroatoms. The highest BCUT2D eigenvalue weighted by molar-refractivity contribution is 5.99. The number of imidazole rings is 1. The van der Waals surface area contributed by atoms with Gasteiger partial charge in [-0.2, -0.15) is 0 Å². The number of aromatic nitrogens is 5. The number of ether oxygens (including phenoxy) is 1. The topological polar surface area (TPSA) is 133 Å². The molecule has 0 spiro atoms. The van der Waals surface area contributed by atoms with Gasteiger partial charge in [0.2, 0.25) is 5.88 Å². The second kappa shape index (κ2) is 12.4. The summed E-state index contributed by atoms with van der Waals surface area (Å²) in [5.74, 6) is 0.830. The number of fused-ring (bicyclic) bond motifs is 5. The van der Waals surface area contributed by atoms with Crippen LogP contribution < -0.4 is 15.8 Å². The highest BCUT2D eigenvalue weighted by atomic mass is 19.1. The molecular formula is C39H43FN8O3. The Bertz CT molecular complexity index is 2210. The number of likely N-dealkylation sites (tertiary alicyclic amines) is 1. The normalized spacial score (nSPS) is 23.8. The highest BCUT2D eigenvalue weighted by Crippen LogP contribution is 2.44. The van der Waals surface area contributed by atoms with Crippen molar-refractivity contribution in [2.75, 3.05) is 13.7 Å². The second-order valence-electron chi connectivity index (χ2n) is 14.9. The Morgan fingerprint density at radius 1 is 1.00 bits per heavy atom. The number of hydrogen-bond donors (Lipinski definition) is 2. The minimum atomic E-state index is -0.431. The van der Waals surface area contributed by atoms with E-state index in [1.165, 1.54) is 6.07 Å². The molecule has 51 heavy (non-hydrogen) atoms. The SMILES string of the molecule is COc1ccc2c(n1)CCCCCn1c(-c3nc4cc(C(=O)N5C[C@H](N)[C@@H]6CC[C@H]5C6)cc(F)c4n3C3CC3)cc3ccc(nc31)[C@@H](C)NC2=O. The molecule has 4 bridgehead atoms. The molecule has 5 aromatic rings. The molecule has 1 aromatic carbocycles. The number of nitrogens with two attached hydrogens (primary N) is 1. The highest BCUT2D eigenvalue weighted by Gasteiger charge is 2.41. The van der Waals surface area contributed by atoms with Crippen LogP contribution in [0.15, 0.2) is 42.5 Å². The largest absolute Gasteiger partial charge is 0.481 e. The maximum Gasteiger partial charge on any atom is 0.254 e. The predicted octanol–water partition coefficient (Wildman–Crippen LogP) is 6.10. The molecule has 0 radical (unpaired) electrons. The average molecular weight is 691 g/mol. The summed E-state index contributed by atoms with van der Waals surface area (Å²) in [5, 5.41) is 4.07. The van der Waals surface area contributed by atoms with Crippen LogP contribution in [0.2, 0.25) is 0 Å². The second-order valence-corrected chi connectivity index (χ2v) is 14.9. The van der Waals surface area contributed by atoms with E-state index in [0.29, 0.717) is 59.3 Å². The summed E-state index contributed by atoms with van der Waals surface area (Å²) in [6.07, 6.45) is 8.03. The van der Waals surface area contributed by atoms with Gasteiger partial charge in [0.15, 0.2) is 5.82 Å². The van der Waals surface area contributed by atoms with E-state index >= 15 is 4.39 Å². The van der Waals surface area contributed by atoms with Crippen molar-refractivity contribution < 1.29 is 18.7 Å². The number of pyridine rings is 2. The zero-order valence-corrected chi connectivity index (χ0v) is 29.1. The molecule has 11 nitrogen and oxygen atoms in total. The quantitative estimate of drug-likeness (QED) is 0.233. The number of aryl methyl sites for hydroxylation is 2. The fourth-order valence-electron chi connectivity index (χ4n) is 8.65. The average Bonchev–Trinajstić information content (AvgIpc) is 3.60. The Labute approximate surface area is 295 Å². The molecule has 2 amide bonds. The number of nitrogens with one attached hydrogen (secondary N) is 1. The lowest BCUT2D eigenvalue weighted by molar-refractivity contribution is 0.0603. The van der Waals surface area contributed by atoms with Crippen molar-refractivity contribution in [3.05, 3.63) is 70.8 Å². The maximum absolute atomic E-state index is 16.3. The van der Waals surface area contributed by atoms with Gasteiger partial charge in [0, 0.05) is 48.2 Å². The summed E-state index contributed by atoms with van der Waals surface area (Å²) in [6, 6.07) is 12.6. The van der Waals surface area contributed by atoms with Gasteiger partial charge in [-0.3, -0.25) is 9.59 Å². The first-order chi connectivity index (χ1) is 24.8. The molecule has 2 aliphatic heterocycles. The number of hydrogen-bond acceptors (Lipinski definition) is 7. The smallest absolute Gasteiger partial charge is 0.254 e. The Balaban J connectivity index is 1.11. The Morgan fingerprint density at radius 2 is 1.84 bits per heavy atom. The van der Waals surface area contributed by atoms with E-state index in [-0.39, 0.29) is 36.0 Å². The van der Waals surface area contributed by atoms with Crippen LogP contribution in [-0.4, -0.2) is 66.5 Å². The molecule has 2 aliphatic carbocycles. The van der Waals surface area contributed by atoms with E-state index in [4.69, 9.17) is 20.4 Å². The number of halogens is 1. The lowest BCUT2D eigenvalue weighted by Crippen LogP contribution is -2.51. The van der Waals surface area contributed by atoms with Crippen LogP contribution in [0, 0.1) is 11.7 Å². The molecule has 6 heterocycles. The number of carbonyl (C=O) groups excluding carboxylic acids is 2. The van der Waals surface area contributed by atoms with Crippen molar-refractivity contribution in [1.29, 1.82) is 0 Å². The van der Waals surface area contributed by atoms with E-state index in [1.807, 2.05) is 28.5 Å². The summed E-state index contributed by atoms with van der Waals surface area (Å²) in [7, 11) is 1.58. The number of amides is 2. The van der Waals surface area contributed by atoms with Crippen molar-refractivity contribution >= 4 is 33.9 Å². The number of carbonyl (C=O) groups is 2. The lowest BCUT2D eigenvalue weighted by atomic mass is 9.94. The molecular weight excluding hydrogens is 647 g/mol. The number of methoxy groups -OCH3 is 1. The summed E-state index contributed by atoms with van der Waals surface area (Å²) in [6.45, 7) is 3.12. The number of piperidine rings is 1. The standard InChI is InChI=1S/C39H43FN8O3/c1-21-30-13-8-23-19-33(46(36(23)44-30)15-5-3-4-6-31-27(38(49)42-21)12-14-34(43-31)51-2)37-45-32-18-24(17-28(40)35(32)48(37)25-10-11-25)39(50)47-20-29(41)22-7-9-26(47)16-22/h8,12-14,17-19,21-22,25-26,29H,3-7,9-11,15-16,20,41H2,1-2H3,(H,42,49)/t21-,22-,26+,29+/m1/s1. The van der Waals surface area contributed by atoms with Gasteiger partial charge < -0.3 is 29.8 Å². The van der Waals surface area contributed by atoms with Crippen molar-refractivity contribution in [1.82, 2.24) is 34.3 Å². The van der Waals surface area contributed by atoms with Gasteiger partial charge in [-0.15, -0.1) is 0 Å². The summed E-state index contributed by atoms with van der Waals surface area (Å²) in [5.41, 5.74) is 11.3. The lowest BCUT2D eigenvalue weighted by Gasteiger charge is -2.37. The van der Waals surface area contributed by atoms with E-state index in [1.54, 1.807) is 25.3 Å². The molecule has 4 aromatic heterocycles. The minimum absolute atomic E-state index is 0.0453. The van der Waals surface area contributed by atoms with Gasteiger partial charge >= 0.3 is 0 Å². The van der Waals surface area contributed by atoms with Crippen molar-refractivity contribution in [3.8, 4) is 17.4 Å². The van der Waals surface area contributed by atoms with Crippen molar-refractivity contribution in [2.24, 2.45) is 11.7 Å². The molecule has 0 unspecified atom stereocenters. The third-order valence-corrected chi connectivity index (χ3v) is 11.5. The Kier molecular flexibility index (Phi) is 7.82. The molecule has 4 aliphatic rings. The number of rotatable bonds is 4. The third-order valence-electron chi connectivity index (χ3n) is 11.5. The van der Waals surface area contributed by atoms with Gasteiger partial charge in [-0.25, -0.2) is 19.3 Å². The molecule has 1 saturated heterocycles. The van der Waals surface area contributed by atoms with Crippen molar-refractivity contribution in [3.63, 3.8) is 0 Å². The number of benzene rings is 1. The van der Waals surface area contributed by atoms with Crippen LogP contribution in [0.5, 0.6) is 5.88 Å². The van der Waals surface area contributed by atoms with E-state index < -0.39 is 5.82 Å². The van der Waals surface area contributed by atoms with Gasteiger partial charge in [0.25, 0.3) is 11.8 Å². The van der Waals surface area contributed by atoms with E-state index in [2.05, 4.69) is 20.9 Å². The molecule has 4 atom stereocenters. The molecule has 9 rings (SSSR count). The van der Waals surface area contributed by atoms with Crippen LogP contribution >= 0.6 is 0 Å². The van der Waals surface area contributed by atoms with Crippen LogP contribution in [-0.2, 0) is 13.0 Å². The zero-order chi connectivity index (χ0) is 35.0. The van der Waals surface area contributed by atoms with Gasteiger partial charge in [0.05, 0.1) is 41.3 Å². The van der Waals surface area contributed by atoms with Crippen LogP contribution in [0.4, 0.5) is 4.39 Å². The Morgan fingerprint density at radius 3 is 2.67 bits per heavy atom. The van der Waals surface area contributed by atoms with Gasteiger partial charge in [0.1, 0.15) is 17.0 Å². The fraction of sp³-hybridized carbons (Fsp3) is 0.462. The van der Waals surface area contributed by atoms with E-state index in [0.717, 1.165) is 79.5 Å². The first-order valence-corrected chi connectivity index (χ1v) is 18.4. The fourth-order valence-corrected chi connectivity index (χ4v) is 8.65. The molecule has 2 saturated carbocycles. The predicted molar refractivity (Wildman–Crippen MR) is 191 cm³/mol. The summed E-state index contributed by atoms with van der Waals surface area (Å²) < 4.78 is 25.9.